The van der Waals surface area contributed by atoms with E-state index in [-0.39, 0.29) is 5.38 Å². The van der Waals surface area contributed by atoms with Crippen molar-refractivity contribution in [2.45, 2.75) is 58.0 Å². The zero-order chi connectivity index (χ0) is 9.56. The van der Waals surface area contributed by atoms with Crippen LogP contribution in [0, 0.1) is 5.92 Å². The molecule has 1 unspecified atom stereocenters. The number of halogens is 2. The topological polar surface area (TPSA) is 0 Å². The number of hydrogen-bond acceptors (Lipinski definition) is 0. The molecule has 0 aliphatic carbocycles. The highest BCUT2D eigenvalue weighted by molar-refractivity contribution is 6.20. The van der Waals surface area contributed by atoms with Gasteiger partial charge in [0.05, 0.1) is 5.38 Å². The fourth-order valence-corrected chi connectivity index (χ4v) is 1.21. The van der Waals surface area contributed by atoms with Gasteiger partial charge in [0.15, 0.2) is 0 Å². The summed E-state index contributed by atoms with van der Waals surface area (Å²) >= 11 is 5.77. The van der Waals surface area contributed by atoms with Gasteiger partial charge in [0, 0.05) is 0 Å². The monoisotopic (exact) mass is 194 g/mol. The van der Waals surface area contributed by atoms with Crippen LogP contribution in [0.15, 0.2) is 0 Å². The Kier molecular flexibility index (Phi) is 6.83. The van der Waals surface area contributed by atoms with Gasteiger partial charge in [-0.05, 0) is 25.2 Å². The average Bonchev–Trinajstić information content (AvgIpc) is 2.11. The zero-order valence-corrected chi connectivity index (χ0v) is 9.07. The van der Waals surface area contributed by atoms with Crippen molar-refractivity contribution in [3.05, 3.63) is 0 Å². The molecule has 0 heterocycles. The largest absolute Gasteiger partial charge is 0.246 e. The van der Waals surface area contributed by atoms with Crippen molar-refractivity contribution in [1.82, 2.24) is 0 Å². The summed E-state index contributed by atoms with van der Waals surface area (Å²) < 4.78 is 13.2. The third-order valence-electron chi connectivity index (χ3n) is 2.41. The normalized spacial score (nSPS) is 18.8. The van der Waals surface area contributed by atoms with Gasteiger partial charge in [0.1, 0.15) is 6.17 Å². The van der Waals surface area contributed by atoms with Crippen molar-refractivity contribution < 1.29 is 4.39 Å². The Bertz CT molecular complexity index is 106. The van der Waals surface area contributed by atoms with E-state index >= 15 is 0 Å². The lowest BCUT2D eigenvalue weighted by atomic mass is 9.99. The van der Waals surface area contributed by atoms with Crippen LogP contribution in [-0.2, 0) is 0 Å². The Labute approximate surface area is 80.5 Å². The van der Waals surface area contributed by atoms with Crippen LogP contribution in [0.5, 0.6) is 0 Å². The van der Waals surface area contributed by atoms with Gasteiger partial charge >= 0.3 is 0 Å². The van der Waals surface area contributed by atoms with Gasteiger partial charge < -0.3 is 0 Å². The van der Waals surface area contributed by atoms with Crippen molar-refractivity contribution in [2.24, 2.45) is 5.92 Å². The van der Waals surface area contributed by atoms with Crippen molar-refractivity contribution in [2.75, 3.05) is 0 Å². The lowest BCUT2D eigenvalue weighted by molar-refractivity contribution is 0.276. The molecule has 0 fully saturated rings. The molecule has 0 aromatic heterocycles. The smallest absolute Gasteiger partial charge is 0.116 e. The molecule has 0 bridgehead atoms. The zero-order valence-electron chi connectivity index (χ0n) is 8.32. The highest BCUT2D eigenvalue weighted by atomic mass is 35.5. The van der Waals surface area contributed by atoms with E-state index in [1.807, 2.05) is 6.92 Å². The maximum atomic E-state index is 13.2. The minimum atomic E-state index is -0.814. The van der Waals surface area contributed by atoms with E-state index in [9.17, 15) is 4.39 Å². The number of alkyl halides is 2. The molecule has 0 saturated carbocycles. The van der Waals surface area contributed by atoms with Crippen LogP contribution in [0.25, 0.3) is 0 Å². The predicted octanol–water partition coefficient (Wildman–Crippen LogP) is 4.17. The van der Waals surface area contributed by atoms with Crippen LogP contribution >= 0.6 is 11.6 Å². The molecule has 2 heteroatoms. The highest BCUT2D eigenvalue weighted by Gasteiger charge is 2.16. The van der Waals surface area contributed by atoms with E-state index in [2.05, 4.69) is 13.8 Å². The summed E-state index contributed by atoms with van der Waals surface area (Å²) in [5.74, 6) is 0.629. The molecule has 12 heavy (non-hydrogen) atoms. The first-order valence-electron chi connectivity index (χ1n) is 4.89. The lowest BCUT2D eigenvalue weighted by Gasteiger charge is -2.14. The molecule has 0 saturated heterocycles. The molecule has 74 valence electrons. The maximum absolute atomic E-state index is 13.2. The summed E-state index contributed by atoms with van der Waals surface area (Å²) in [6.07, 6.45) is 2.62. The van der Waals surface area contributed by atoms with Gasteiger partial charge in [-0.1, -0.05) is 27.2 Å². The fraction of sp³-hybridized carbons (Fsp3) is 1.00. The van der Waals surface area contributed by atoms with E-state index in [1.54, 1.807) is 0 Å². The minimum absolute atomic E-state index is 0.283. The van der Waals surface area contributed by atoms with Gasteiger partial charge in [0.25, 0.3) is 0 Å². The highest BCUT2D eigenvalue weighted by Crippen LogP contribution is 2.19. The second-order valence-corrected chi connectivity index (χ2v) is 4.09. The van der Waals surface area contributed by atoms with Crippen molar-refractivity contribution in [3.8, 4) is 0 Å². The molecular formula is C10H20ClF. The first-order chi connectivity index (χ1) is 5.61. The molecule has 3 atom stereocenters. The van der Waals surface area contributed by atoms with Gasteiger partial charge in [0.2, 0.25) is 0 Å². The summed E-state index contributed by atoms with van der Waals surface area (Å²) in [5, 5.41) is -0.283. The Balaban J connectivity index is 3.49. The molecule has 0 N–H and O–H groups in total. The molecule has 0 rings (SSSR count). The third kappa shape index (κ3) is 4.97. The van der Waals surface area contributed by atoms with Crippen LogP contribution in [0.3, 0.4) is 0 Å². The van der Waals surface area contributed by atoms with Gasteiger partial charge in [-0.2, -0.15) is 0 Å². The molecule has 0 aromatic rings. The van der Waals surface area contributed by atoms with E-state index in [1.165, 1.54) is 0 Å². The van der Waals surface area contributed by atoms with E-state index < -0.39 is 6.17 Å². The molecule has 0 aliphatic rings. The maximum Gasteiger partial charge on any atom is 0.116 e. The minimum Gasteiger partial charge on any atom is -0.246 e. The van der Waals surface area contributed by atoms with E-state index in [0.717, 1.165) is 19.3 Å². The van der Waals surface area contributed by atoms with Gasteiger partial charge in [-0.3, -0.25) is 0 Å². The van der Waals surface area contributed by atoms with Crippen molar-refractivity contribution >= 4 is 11.6 Å². The molecule has 0 aromatic carbocycles. The molecule has 0 spiro atoms. The predicted molar refractivity (Wildman–Crippen MR) is 53.5 cm³/mol. The summed E-state index contributed by atoms with van der Waals surface area (Å²) in [5.41, 5.74) is 0. The molecule has 0 radical (unpaired) electrons. The third-order valence-corrected chi connectivity index (χ3v) is 3.00. The standard InChI is InChI=1S/C10H20ClF/c1-4-8(3)6-7-10(12)9(11)5-2/h8-10H,4-7H2,1-3H3/t8-,9?,10+/m0/s1. The van der Waals surface area contributed by atoms with Crippen LogP contribution in [0.1, 0.15) is 46.5 Å². The molecule has 0 nitrogen and oxygen atoms in total. The lowest BCUT2D eigenvalue weighted by Crippen LogP contribution is -2.15. The average molecular weight is 195 g/mol. The first kappa shape index (κ1) is 12.2. The Morgan fingerprint density at radius 1 is 1.17 bits per heavy atom. The number of hydrogen-bond donors (Lipinski definition) is 0. The summed E-state index contributed by atoms with van der Waals surface area (Å²) in [6.45, 7) is 6.21. The van der Waals surface area contributed by atoms with Crippen molar-refractivity contribution in [1.29, 1.82) is 0 Å². The second-order valence-electron chi connectivity index (χ2n) is 3.53. The summed E-state index contributed by atoms with van der Waals surface area (Å²) in [4.78, 5) is 0. The van der Waals surface area contributed by atoms with E-state index in [4.69, 9.17) is 11.6 Å². The quantitative estimate of drug-likeness (QED) is 0.557. The van der Waals surface area contributed by atoms with Crippen LogP contribution in [0.4, 0.5) is 4.39 Å². The van der Waals surface area contributed by atoms with Crippen LogP contribution < -0.4 is 0 Å². The Morgan fingerprint density at radius 3 is 2.17 bits per heavy atom. The summed E-state index contributed by atoms with van der Waals surface area (Å²) in [7, 11) is 0. The van der Waals surface area contributed by atoms with Crippen LogP contribution in [-0.4, -0.2) is 11.5 Å². The first-order valence-corrected chi connectivity index (χ1v) is 5.33. The molecule has 0 aliphatic heterocycles. The molecular weight excluding hydrogens is 175 g/mol. The van der Waals surface area contributed by atoms with Gasteiger partial charge in [-0.25, -0.2) is 4.39 Å². The SMILES string of the molecule is CCC(Cl)[C@H](F)CC[C@@H](C)CC. The summed E-state index contributed by atoms with van der Waals surface area (Å²) in [6, 6.07) is 0. The fourth-order valence-electron chi connectivity index (χ4n) is 1.08. The second kappa shape index (κ2) is 6.71. The van der Waals surface area contributed by atoms with Crippen LogP contribution in [0.2, 0.25) is 0 Å². The number of rotatable bonds is 6. The Morgan fingerprint density at radius 2 is 1.75 bits per heavy atom. The molecule has 0 amide bonds. The van der Waals surface area contributed by atoms with E-state index in [0.29, 0.717) is 12.3 Å². The Hall–Kier alpha value is 0.220. The van der Waals surface area contributed by atoms with Crippen molar-refractivity contribution in [3.63, 3.8) is 0 Å². The van der Waals surface area contributed by atoms with Gasteiger partial charge in [-0.15, -0.1) is 11.6 Å².